The van der Waals surface area contributed by atoms with Gasteiger partial charge in [-0.1, -0.05) is 13.8 Å². The number of nitrogens with zero attached hydrogens (tertiary/aromatic N) is 1. The largest absolute Gasteiger partial charge is 0.340 e. The minimum absolute atomic E-state index is 0.183. The van der Waals surface area contributed by atoms with Crippen LogP contribution >= 0.6 is 0 Å². The number of carbonyl (C=O) groups is 1. The summed E-state index contributed by atoms with van der Waals surface area (Å²) < 4.78 is 0. The number of carbonyl (C=O) groups excluding carboxylic acids is 1. The highest BCUT2D eigenvalue weighted by Gasteiger charge is 2.37. The number of piperidine rings is 1. The molecule has 98 valence electrons. The van der Waals surface area contributed by atoms with Crippen molar-refractivity contribution in [1.29, 1.82) is 0 Å². The van der Waals surface area contributed by atoms with Crippen LogP contribution in [-0.2, 0) is 4.79 Å². The van der Waals surface area contributed by atoms with Gasteiger partial charge in [-0.25, -0.2) is 0 Å². The number of hydrogen-bond donors (Lipinski definition) is 1. The van der Waals surface area contributed by atoms with Gasteiger partial charge in [-0.2, -0.15) is 0 Å². The number of rotatable bonds is 4. The Morgan fingerprint density at radius 1 is 1.29 bits per heavy atom. The van der Waals surface area contributed by atoms with Crippen molar-refractivity contribution in [3.05, 3.63) is 0 Å². The molecule has 1 N–H and O–H groups in total. The fraction of sp³-hybridized carbons (Fsp3) is 0.929. The molecule has 0 aromatic heterocycles. The Labute approximate surface area is 105 Å². The van der Waals surface area contributed by atoms with Gasteiger partial charge in [-0.3, -0.25) is 4.79 Å². The van der Waals surface area contributed by atoms with E-state index in [0.29, 0.717) is 24.0 Å². The summed E-state index contributed by atoms with van der Waals surface area (Å²) in [6.07, 6.45) is 5.87. The molecule has 2 aliphatic heterocycles. The van der Waals surface area contributed by atoms with E-state index < -0.39 is 0 Å². The Morgan fingerprint density at radius 2 is 1.88 bits per heavy atom. The molecule has 3 nitrogen and oxygen atoms in total. The highest BCUT2D eigenvalue weighted by molar-refractivity contribution is 5.78. The summed E-state index contributed by atoms with van der Waals surface area (Å²) in [5.41, 5.74) is 0. The Hall–Kier alpha value is -0.570. The van der Waals surface area contributed by atoms with Crippen LogP contribution in [-0.4, -0.2) is 35.5 Å². The van der Waals surface area contributed by atoms with E-state index in [9.17, 15) is 4.79 Å². The predicted octanol–water partition coefficient (Wildman–Crippen LogP) is 2.16. The Balaban J connectivity index is 2.00. The lowest BCUT2D eigenvalue weighted by molar-refractivity contribution is -0.138. The summed E-state index contributed by atoms with van der Waals surface area (Å²) in [7, 11) is 0. The van der Waals surface area contributed by atoms with Gasteiger partial charge in [-0.05, 0) is 39.0 Å². The van der Waals surface area contributed by atoms with Crippen molar-refractivity contribution in [2.45, 2.75) is 71.0 Å². The van der Waals surface area contributed by atoms with Crippen molar-refractivity contribution in [2.24, 2.45) is 5.92 Å². The van der Waals surface area contributed by atoms with Gasteiger partial charge in [0.2, 0.25) is 5.91 Å². The van der Waals surface area contributed by atoms with E-state index in [1.54, 1.807) is 0 Å². The molecule has 0 radical (unpaired) electrons. The summed E-state index contributed by atoms with van der Waals surface area (Å²) in [5, 5.41) is 3.64. The van der Waals surface area contributed by atoms with Crippen LogP contribution in [0.4, 0.5) is 0 Å². The average Bonchev–Trinajstić information content (AvgIpc) is 2.68. The maximum Gasteiger partial charge on any atom is 0.225 e. The van der Waals surface area contributed by atoms with Crippen LogP contribution in [0.15, 0.2) is 0 Å². The Bertz CT molecular complexity index is 267. The third-order valence-corrected chi connectivity index (χ3v) is 4.55. The van der Waals surface area contributed by atoms with Gasteiger partial charge in [0.15, 0.2) is 0 Å². The summed E-state index contributed by atoms with van der Waals surface area (Å²) in [4.78, 5) is 14.5. The van der Waals surface area contributed by atoms with Crippen LogP contribution in [0.5, 0.6) is 0 Å². The van der Waals surface area contributed by atoms with Gasteiger partial charge in [0.1, 0.15) is 0 Å². The number of nitrogens with one attached hydrogen (secondary N) is 1. The lowest BCUT2D eigenvalue weighted by atomic mass is 9.96. The lowest BCUT2D eigenvalue weighted by Gasteiger charge is -2.38. The zero-order chi connectivity index (χ0) is 12.4. The average molecular weight is 238 g/mol. The standard InChI is InChI=1S/C14H26N2O/c1-4-10(3)14(17)16(5-2)13-8-11-6-7-12(9-13)15-11/h10-13,15H,4-9H2,1-3H3. The summed E-state index contributed by atoms with van der Waals surface area (Å²) in [5.74, 6) is 0.545. The molecule has 3 atom stereocenters. The SMILES string of the molecule is CCC(C)C(=O)N(CC)C1CC2CCC(C1)N2. The summed E-state index contributed by atoms with van der Waals surface area (Å²) in [6, 6.07) is 1.82. The van der Waals surface area contributed by atoms with Crippen molar-refractivity contribution in [2.75, 3.05) is 6.54 Å². The van der Waals surface area contributed by atoms with Crippen LogP contribution in [0.1, 0.15) is 52.9 Å². The van der Waals surface area contributed by atoms with Gasteiger partial charge in [0, 0.05) is 30.6 Å². The molecule has 0 spiro atoms. The fourth-order valence-corrected chi connectivity index (χ4v) is 3.33. The molecular formula is C14H26N2O. The molecule has 2 heterocycles. The predicted molar refractivity (Wildman–Crippen MR) is 69.8 cm³/mol. The van der Waals surface area contributed by atoms with E-state index in [2.05, 4.69) is 31.0 Å². The first-order chi connectivity index (χ1) is 8.15. The zero-order valence-corrected chi connectivity index (χ0v) is 11.4. The fourth-order valence-electron chi connectivity index (χ4n) is 3.33. The topological polar surface area (TPSA) is 32.3 Å². The van der Waals surface area contributed by atoms with Crippen LogP contribution < -0.4 is 5.32 Å². The molecule has 17 heavy (non-hydrogen) atoms. The van der Waals surface area contributed by atoms with Crippen LogP contribution in [0, 0.1) is 5.92 Å². The maximum absolute atomic E-state index is 12.3. The van der Waals surface area contributed by atoms with E-state index >= 15 is 0 Å². The first kappa shape index (κ1) is 12.9. The second-order valence-electron chi connectivity index (χ2n) is 5.70. The highest BCUT2D eigenvalue weighted by Crippen LogP contribution is 2.30. The smallest absolute Gasteiger partial charge is 0.225 e. The normalized spacial score (nSPS) is 33.5. The van der Waals surface area contributed by atoms with E-state index in [1.807, 2.05) is 0 Å². The number of fused-ring (bicyclic) bond motifs is 2. The molecule has 2 bridgehead atoms. The van der Waals surface area contributed by atoms with E-state index in [4.69, 9.17) is 0 Å². The van der Waals surface area contributed by atoms with Gasteiger partial charge < -0.3 is 10.2 Å². The van der Waals surface area contributed by atoms with Crippen LogP contribution in [0.3, 0.4) is 0 Å². The minimum Gasteiger partial charge on any atom is -0.340 e. The molecule has 1 amide bonds. The molecule has 2 rings (SSSR count). The van der Waals surface area contributed by atoms with Crippen LogP contribution in [0.2, 0.25) is 0 Å². The highest BCUT2D eigenvalue weighted by atomic mass is 16.2. The second-order valence-corrected chi connectivity index (χ2v) is 5.70. The molecule has 2 saturated heterocycles. The van der Waals surface area contributed by atoms with Gasteiger partial charge >= 0.3 is 0 Å². The van der Waals surface area contributed by atoms with Crippen molar-refractivity contribution in [3.8, 4) is 0 Å². The monoisotopic (exact) mass is 238 g/mol. The lowest BCUT2D eigenvalue weighted by Crippen LogP contribution is -2.51. The zero-order valence-electron chi connectivity index (χ0n) is 11.4. The van der Waals surface area contributed by atoms with Crippen molar-refractivity contribution in [1.82, 2.24) is 10.2 Å². The van der Waals surface area contributed by atoms with E-state index in [0.717, 1.165) is 25.8 Å². The second kappa shape index (κ2) is 5.38. The first-order valence-corrected chi connectivity index (χ1v) is 7.22. The van der Waals surface area contributed by atoms with Crippen molar-refractivity contribution < 1.29 is 4.79 Å². The van der Waals surface area contributed by atoms with E-state index in [1.165, 1.54) is 12.8 Å². The quantitative estimate of drug-likeness (QED) is 0.814. The van der Waals surface area contributed by atoms with Crippen molar-refractivity contribution >= 4 is 5.91 Å². The first-order valence-electron chi connectivity index (χ1n) is 7.22. The third kappa shape index (κ3) is 2.65. The molecule has 3 heteroatoms. The molecule has 0 aromatic rings. The molecule has 0 aliphatic carbocycles. The molecule has 2 aliphatic rings. The van der Waals surface area contributed by atoms with E-state index in [-0.39, 0.29) is 5.92 Å². The Morgan fingerprint density at radius 3 is 2.35 bits per heavy atom. The van der Waals surface area contributed by atoms with Gasteiger partial charge in [0.05, 0.1) is 0 Å². The number of hydrogen-bond acceptors (Lipinski definition) is 2. The molecule has 2 fully saturated rings. The summed E-state index contributed by atoms with van der Waals surface area (Å²) >= 11 is 0. The minimum atomic E-state index is 0.183. The third-order valence-electron chi connectivity index (χ3n) is 4.55. The maximum atomic E-state index is 12.3. The Kier molecular flexibility index (Phi) is 4.08. The van der Waals surface area contributed by atoms with Gasteiger partial charge in [-0.15, -0.1) is 0 Å². The van der Waals surface area contributed by atoms with Gasteiger partial charge in [0.25, 0.3) is 0 Å². The molecular weight excluding hydrogens is 212 g/mol. The molecule has 0 saturated carbocycles. The van der Waals surface area contributed by atoms with Crippen molar-refractivity contribution in [3.63, 3.8) is 0 Å². The number of amides is 1. The molecule has 3 unspecified atom stereocenters. The molecule has 0 aromatic carbocycles. The van der Waals surface area contributed by atoms with Crippen LogP contribution in [0.25, 0.3) is 0 Å². The summed E-state index contributed by atoms with van der Waals surface area (Å²) in [6.45, 7) is 7.14.